The van der Waals surface area contributed by atoms with Gasteiger partial charge in [0.1, 0.15) is 11.5 Å². The highest BCUT2D eigenvalue weighted by Gasteiger charge is 1.96. The molecule has 0 aliphatic carbocycles. The summed E-state index contributed by atoms with van der Waals surface area (Å²) in [5, 5.41) is 0. The summed E-state index contributed by atoms with van der Waals surface area (Å²) in [5.41, 5.74) is 0. The Morgan fingerprint density at radius 1 is 1.27 bits per heavy atom. The molecule has 0 amide bonds. The second-order valence-electron chi connectivity index (χ2n) is 2.66. The minimum atomic E-state index is 0.663. The van der Waals surface area contributed by atoms with Crippen LogP contribution in [0.25, 0.3) is 0 Å². The molecular formula is C12H11ClOS. The molecule has 0 atom stereocenters. The molecule has 0 saturated carbocycles. The minimum Gasteiger partial charge on any atom is -0.457 e. The first-order valence-electron chi connectivity index (χ1n) is 4.32. The lowest BCUT2D eigenvalue weighted by molar-refractivity contribution is 0.444. The van der Waals surface area contributed by atoms with Crippen molar-refractivity contribution in [3.63, 3.8) is 0 Å². The molecule has 0 heterocycles. The van der Waals surface area contributed by atoms with E-state index in [1.54, 1.807) is 18.2 Å². The molecule has 0 aliphatic heterocycles. The van der Waals surface area contributed by atoms with Crippen LogP contribution in [-0.2, 0) is 0 Å². The number of ether oxygens (including phenoxy) is 1. The van der Waals surface area contributed by atoms with Crippen LogP contribution in [0.2, 0.25) is 0 Å². The van der Waals surface area contributed by atoms with Gasteiger partial charge in [0.05, 0.1) is 0 Å². The molecule has 0 aliphatic rings. The predicted molar refractivity (Wildman–Crippen MR) is 67.3 cm³/mol. The van der Waals surface area contributed by atoms with Gasteiger partial charge in [0.25, 0.3) is 0 Å². The first-order valence-corrected chi connectivity index (χ1v) is 5.96. The predicted octanol–water partition coefficient (Wildman–Crippen LogP) is 4.57. The lowest BCUT2D eigenvalue weighted by Crippen LogP contribution is -1.90. The van der Waals surface area contributed by atoms with Crippen LogP contribution in [0.15, 0.2) is 66.3 Å². The summed E-state index contributed by atoms with van der Waals surface area (Å²) in [7, 11) is 6.78. The smallest absolute Gasteiger partial charge is 0.127 e. The SMILES string of the molecule is C=C/C=C(\C=C)Oc1ccc(SCl)cc1. The summed E-state index contributed by atoms with van der Waals surface area (Å²) in [5.74, 6) is 1.41. The zero-order valence-electron chi connectivity index (χ0n) is 8.15. The molecule has 0 bridgehead atoms. The Bertz CT molecular complexity index is 368. The molecule has 0 unspecified atom stereocenters. The first-order chi connectivity index (χ1) is 7.30. The molecule has 0 radical (unpaired) electrons. The maximum atomic E-state index is 5.60. The highest BCUT2D eigenvalue weighted by atomic mass is 35.7. The van der Waals surface area contributed by atoms with Crippen molar-refractivity contribution in [2.75, 3.05) is 0 Å². The van der Waals surface area contributed by atoms with Crippen molar-refractivity contribution < 1.29 is 4.74 Å². The van der Waals surface area contributed by atoms with Crippen LogP contribution in [0.4, 0.5) is 0 Å². The largest absolute Gasteiger partial charge is 0.457 e. The Labute approximate surface area is 98.6 Å². The Balaban J connectivity index is 2.75. The minimum absolute atomic E-state index is 0.663. The summed E-state index contributed by atoms with van der Waals surface area (Å²) in [6.45, 7) is 7.24. The normalized spacial score (nSPS) is 10.9. The highest BCUT2D eigenvalue weighted by Crippen LogP contribution is 2.24. The fourth-order valence-corrected chi connectivity index (χ4v) is 1.50. The molecule has 1 rings (SSSR count). The topological polar surface area (TPSA) is 9.23 Å². The maximum absolute atomic E-state index is 5.60. The Kier molecular flexibility index (Phi) is 5.08. The third-order valence-electron chi connectivity index (χ3n) is 1.63. The van der Waals surface area contributed by atoms with Crippen molar-refractivity contribution in [3.8, 4) is 5.75 Å². The van der Waals surface area contributed by atoms with E-state index in [9.17, 15) is 0 Å². The van der Waals surface area contributed by atoms with E-state index in [2.05, 4.69) is 13.2 Å². The first kappa shape index (κ1) is 12.0. The fraction of sp³-hybridized carbons (Fsp3) is 0. The van der Waals surface area contributed by atoms with Crippen LogP contribution in [0, 0.1) is 0 Å². The molecule has 1 nitrogen and oxygen atoms in total. The Morgan fingerprint density at radius 2 is 1.93 bits per heavy atom. The zero-order chi connectivity index (χ0) is 11.1. The van der Waals surface area contributed by atoms with E-state index in [4.69, 9.17) is 15.4 Å². The monoisotopic (exact) mass is 238 g/mol. The van der Waals surface area contributed by atoms with Gasteiger partial charge < -0.3 is 4.74 Å². The van der Waals surface area contributed by atoms with E-state index in [0.717, 1.165) is 10.6 Å². The zero-order valence-corrected chi connectivity index (χ0v) is 9.72. The lowest BCUT2D eigenvalue weighted by Gasteiger charge is -2.05. The summed E-state index contributed by atoms with van der Waals surface area (Å²) in [6, 6.07) is 7.49. The number of hydrogen-bond acceptors (Lipinski definition) is 2. The van der Waals surface area contributed by atoms with E-state index in [-0.39, 0.29) is 0 Å². The van der Waals surface area contributed by atoms with Crippen molar-refractivity contribution in [1.82, 2.24) is 0 Å². The maximum Gasteiger partial charge on any atom is 0.127 e. The number of halogens is 1. The summed E-state index contributed by atoms with van der Waals surface area (Å²) >= 11 is 0. The molecule has 0 fully saturated rings. The van der Waals surface area contributed by atoms with Crippen molar-refractivity contribution >= 4 is 21.7 Å². The molecule has 78 valence electrons. The van der Waals surface area contributed by atoms with Gasteiger partial charge in [0.15, 0.2) is 0 Å². The van der Waals surface area contributed by atoms with Gasteiger partial charge in [-0.25, -0.2) is 0 Å². The van der Waals surface area contributed by atoms with E-state index < -0.39 is 0 Å². The van der Waals surface area contributed by atoms with Crippen LogP contribution >= 0.6 is 21.7 Å². The van der Waals surface area contributed by atoms with Crippen molar-refractivity contribution in [2.24, 2.45) is 0 Å². The number of rotatable bonds is 5. The average Bonchev–Trinajstić information content (AvgIpc) is 2.29. The van der Waals surface area contributed by atoms with Crippen molar-refractivity contribution in [1.29, 1.82) is 0 Å². The second-order valence-corrected chi connectivity index (χ2v) is 3.75. The molecule has 0 saturated heterocycles. The van der Waals surface area contributed by atoms with Gasteiger partial charge in [-0.15, -0.1) is 0 Å². The highest BCUT2D eigenvalue weighted by molar-refractivity contribution is 8.21. The third kappa shape index (κ3) is 3.86. The number of allylic oxidation sites excluding steroid dienone is 3. The molecule has 3 heteroatoms. The lowest BCUT2D eigenvalue weighted by atomic mass is 10.3. The molecule has 0 aromatic heterocycles. The molecular weight excluding hydrogens is 228 g/mol. The van der Waals surface area contributed by atoms with Gasteiger partial charge in [-0.2, -0.15) is 0 Å². The van der Waals surface area contributed by atoms with Gasteiger partial charge in [-0.05, 0) is 58.1 Å². The summed E-state index contributed by atoms with van der Waals surface area (Å²) in [4.78, 5) is 0.983. The van der Waals surface area contributed by atoms with Crippen LogP contribution < -0.4 is 4.74 Å². The standard InChI is InChI=1S/C12H11ClOS/c1-3-5-10(4-2)14-11-6-8-12(15-13)9-7-11/h3-9H,1-2H2/b10-5+. The van der Waals surface area contributed by atoms with E-state index in [1.807, 2.05) is 24.3 Å². The van der Waals surface area contributed by atoms with Crippen LogP contribution in [0.5, 0.6) is 5.75 Å². The van der Waals surface area contributed by atoms with Crippen LogP contribution in [0.1, 0.15) is 0 Å². The van der Waals surface area contributed by atoms with Crippen LogP contribution in [0.3, 0.4) is 0 Å². The third-order valence-corrected chi connectivity index (χ3v) is 2.62. The van der Waals surface area contributed by atoms with Gasteiger partial charge in [-0.3, -0.25) is 0 Å². The number of benzene rings is 1. The quantitative estimate of drug-likeness (QED) is 0.549. The van der Waals surface area contributed by atoms with E-state index in [0.29, 0.717) is 5.76 Å². The summed E-state index contributed by atoms with van der Waals surface area (Å²) < 4.78 is 5.52. The van der Waals surface area contributed by atoms with Crippen LogP contribution in [-0.4, -0.2) is 0 Å². The van der Waals surface area contributed by atoms with Crippen molar-refractivity contribution in [3.05, 3.63) is 61.4 Å². The van der Waals surface area contributed by atoms with Gasteiger partial charge in [0.2, 0.25) is 0 Å². The summed E-state index contributed by atoms with van der Waals surface area (Å²) in [6.07, 6.45) is 5.03. The Morgan fingerprint density at radius 3 is 2.40 bits per heavy atom. The fourth-order valence-electron chi connectivity index (χ4n) is 0.955. The molecule has 1 aromatic rings. The molecule has 1 aromatic carbocycles. The van der Waals surface area contributed by atoms with E-state index >= 15 is 0 Å². The average molecular weight is 239 g/mol. The molecule has 15 heavy (non-hydrogen) atoms. The van der Waals surface area contributed by atoms with Gasteiger partial charge in [0, 0.05) is 4.90 Å². The Hall–Kier alpha value is -1.12. The van der Waals surface area contributed by atoms with Gasteiger partial charge in [-0.1, -0.05) is 19.2 Å². The molecule has 0 spiro atoms. The van der Waals surface area contributed by atoms with Crippen molar-refractivity contribution in [2.45, 2.75) is 4.90 Å². The van der Waals surface area contributed by atoms with Gasteiger partial charge >= 0.3 is 0 Å². The second kappa shape index (κ2) is 6.38. The number of hydrogen-bond donors (Lipinski definition) is 0. The molecule has 0 N–H and O–H groups in total. The van der Waals surface area contributed by atoms with E-state index in [1.165, 1.54) is 11.0 Å².